The monoisotopic (exact) mass is 271 g/mol. The Balaban J connectivity index is 2.42. The lowest BCUT2D eigenvalue weighted by Gasteiger charge is -2.10. The second kappa shape index (κ2) is 5.62. The molecule has 20 heavy (non-hydrogen) atoms. The maximum absolute atomic E-state index is 13.6. The third-order valence-electron chi connectivity index (χ3n) is 2.96. The summed E-state index contributed by atoms with van der Waals surface area (Å²) < 4.78 is 26.5. The highest BCUT2D eigenvalue weighted by molar-refractivity contribution is 6.02. The lowest BCUT2D eigenvalue weighted by atomic mass is 9.91. The smallest absolute Gasteiger partial charge is 0.187 e. The molecule has 2 aromatic carbocycles. The van der Waals surface area contributed by atoms with Gasteiger partial charge in [0.1, 0.15) is 17.6 Å². The highest BCUT2D eigenvalue weighted by Gasteiger charge is 2.24. The Hall–Kier alpha value is -2.54. The van der Waals surface area contributed by atoms with Crippen LogP contribution in [0.15, 0.2) is 42.5 Å². The maximum Gasteiger partial charge on any atom is 0.187 e. The molecular weight excluding hydrogens is 260 g/mol. The Morgan fingerprint density at radius 2 is 1.95 bits per heavy atom. The van der Waals surface area contributed by atoms with Gasteiger partial charge in [0.25, 0.3) is 0 Å². The Morgan fingerprint density at radius 1 is 1.20 bits per heavy atom. The summed E-state index contributed by atoms with van der Waals surface area (Å²) in [6.45, 7) is 1.83. The third kappa shape index (κ3) is 2.72. The van der Waals surface area contributed by atoms with Gasteiger partial charge < -0.3 is 0 Å². The molecule has 2 nitrogen and oxygen atoms in total. The number of nitriles is 1. The molecule has 4 heteroatoms. The number of Topliss-reactive ketones (excluding diaryl/α,β-unsaturated/α-hetero) is 1. The number of carbonyl (C=O) groups excluding carboxylic acids is 1. The molecule has 1 unspecified atom stereocenters. The molecular formula is C16H11F2NO. The molecule has 0 heterocycles. The minimum atomic E-state index is -1.10. The number of nitrogens with zero attached hydrogens (tertiary/aromatic N) is 1. The van der Waals surface area contributed by atoms with Crippen LogP contribution in [0.5, 0.6) is 0 Å². The van der Waals surface area contributed by atoms with Crippen molar-refractivity contribution in [2.75, 3.05) is 0 Å². The van der Waals surface area contributed by atoms with Gasteiger partial charge in [-0.25, -0.2) is 8.78 Å². The number of ketones is 1. The van der Waals surface area contributed by atoms with E-state index in [1.54, 1.807) is 18.2 Å². The second-order valence-electron chi connectivity index (χ2n) is 4.46. The summed E-state index contributed by atoms with van der Waals surface area (Å²) in [5.41, 5.74) is 1.12. The predicted octanol–water partition coefficient (Wildman–Crippen LogP) is 3.76. The third-order valence-corrected chi connectivity index (χ3v) is 2.96. The van der Waals surface area contributed by atoms with E-state index >= 15 is 0 Å². The molecule has 2 aromatic rings. The topological polar surface area (TPSA) is 40.9 Å². The lowest BCUT2D eigenvalue weighted by Crippen LogP contribution is -2.13. The van der Waals surface area contributed by atoms with E-state index in [1.807, 2.05) is 19.1 Å². The molecule has 0 aliphatic carbocycles. The van der Waals surface area contributed by atoms with Gasteiger partial charge in [-0.1, -0.05) is 29.8 Å². The molecule has 2 rings (SSSR count). The molecule has 0 spiro atoms. The highest BCUT2D eigenvalue weighted by Crippen LogP contribution is 2.23. The summed E-state index contributed by atoms with van der Waals surface area (Å²) in [5, 5.41) is 9.18. The van der Waals surface area contributed by atoms with Crippen molar-refractivity contribution in [2.45, 2.75) is 12.8 Å². The molecule has 0 aromatic heterocycles. The first kappa shape index (κ1) is 13.9. The van der Waals surface area contributed by atoms with Crippen molar-refractivity contribution >= 4 is 5.78 Å². The van der Waals surface area contributed by atoms with E-state index in [1.165, 1.54) is 0 Å². The summed E-state index contributed by atoms with van der Waals surface area (Å²) in [5.74, 6) is -3.49. The molecule has 0 amide bonds. The van der Waals surface area contributed by atoms with Crippen molar-refractivity contribution in [1.82, 2.24) is 0 Å². The zero-order chi connectivity index (χ0) is 14.7. The fourth-order valence-corrected chi connectivity index (χ4v) is 1.98. The summed E-state index contributed by atoms with van der Waals surface area (Å²) in [6.07, 6.45) is 0. The fourth-order valence-electron chi connectivity index (χ4n) is 1.98. The summed E-state index contributed by atoms with van der Waals surface area (Å²) in [6, 6.07) is 11.5. The van der Waals surface area contributed by atoms with E-state index in [9.17, 15) is 18.8 Å². The lowest BCUT2D eigenvalue weighted by molar-refractivity contribution is 0.0975. The number of aryl methyl sites for hydroxylation is 1. The van der Waals surface area contributed by atoms with Gasteiger partial charge in [-0.05, 0) is 24.6 Å². The minimum absolute atomic E-state index is 0.278. The first-order valence-electron chi connectivity index (χ1n) is 5.98. The zero-order valence-electron chi connectivity index (χ0n) is 10.7. The maximum atomic E-state index is 13.6. The van der Waals surface area contributed by atoms with Gasteiger partial charge in [-0.15, -0.1) is 0 Å². The van der Waals surface area contributed by atoms with Gasteiger partial charge in [0.2, 0.25) is 0 Å². The molecule has 0 saturated heterocycles. The largest absolute Gasteiger partial charge is 0.292 e. The summed E-state index contributed by atoms with van der Waals surface area (Å²) >= 11 is 0. The van der Waals surface area contributed by atoms with Crippen molar-refractivity contribution < 1.29 is 13.6 Å². The normalized spacial score (nSPS) is 11.7. The number of halogens is 2. The van der Waals surface area contributed by atoms with Crippen LogP contribution in [-0.2, 0) is 0 Å². The SMILES string of the molecule is Cc1cccc(C(C#N)C(=O)c2ccc(F)cc2F)c1. The molecule has 0 bridgehead atoms. The van der Waals surface area contributed by atoms with Crippen molar-refractivity contribution in [3.8, 4) is 6.07 Å². The van der Waals surface area contributed by atoms with Crippen LogP contribution >= 0.6 is 0 Å². The Labute approximate surface area is 115 Å². The van der Waals surface area contributed by atoms with Crippen LogP contribution in [0.25, 0.3) is 0 Å². The molecule has 0 aliphatic heterocycles. The van der Waals surface area contributed by atoms with Crippen molar-refractivity contribution in [3.05, 3.63) is 70.8 Å². The van der Waals surface area contributed by atoms with Crippen LogP contribution in [0.2, 0.25) is 0 Å². The average Bonchev–Trinajstić information content (AvgIpc) is 2.39. The Bertz CT molecular complexity index is 704. The van der Waals surface area contributed by atoms with E-state index in [4.69, 9.17) is 0 Å². The highest BCUT2D eigenvalue weighted by atomic mass is 19.1. The quantitative estimate of drug-likeness (QED) is 0.797. The van der Waals surface area contributed by atoms with Crippen LogP contribution in [0, 0.1) is 29.9 Å². The van der Waals surface area contributed by atoms with E-state index in [-0.39, 0.29) is 5.56 Å². The van der Waals surface area contributed by atoms with Gasteiger partial charge in [0, 0.05) is 6.07 Å². The van der Waals surface area contributed by atoms with Crippen molar-refractivity contribution in [1.29, 1.82) is 5.26 Å². The first-order chi connectivity index (χ1) is 9.52. The first-order valence-corrected chi connectivity index (χ1v) is 5.98. The van der Waals surface area contributed by atoms with Gasteiger partial charge in [-0.3, -0.25) is 4.79 Å². The van der Waals surface area contributed by atoms with Gasteiger partial charge in [-0.2, -0.15) is 5.26 Å². The van der Waals surface area contributed by atoms with Crippen molar-refractivity contribution in [2.24, 2.45) is 0 Å². The van der Waals surface area contributed by atoms with E-state index < -0.39 is 23.3 Å². The molecule has 0 aliphatic rings. The van der Waals surface area contributed by atoms with Gasteiger partial charge >= 0.3 is 0 Å². The number of rotatable bonds is 3. The summed E-state index contributed by atoms with van der Waals surface area (Å²) in [7, 11) is 0. The Kier molecular flexibility index (Phi) is 3.90. The van der Waals surface area contributed by atoms with E-state index in [0.29, 0.717) is 11.6 Å². The predicted molar refractivity (Wildman–Crippen MR) is 70.2 cm³/mol. The van der Waals surface area contributed by atoms with Gasteiger partial charge in [0.15, 0.2) is 5.78 Å². The fraction of sp³-hybridized carbons (Fsp3) is 0.125. The number of carbonyl (C=O) groups is 1. The van der Waals surface area contributed by atoms with Gasteiger partial charge in [0.05, 0.1) is 11.6 Å². The Morgan fingerprint density at radius 3 is 2.55 bits per heavy atom. The van der Waals surface area contributed by atoms with Crippen molar-refractivity contribution in [3.63, 3.8) is 0 Å². The molecule has 100 valence electrons. The van der Waals surface area contributed by atoms with E-state index in [0.717, 1.165) is 17.7 Å². The molecule has 0 saturated carbocycles. The van der Waals surface area contributed by atoms with Crippen LogP contribution in [-0.4, -0.2) is 5.78 Å². The number of benzene rings is 2. The minimum Gasteiger partial charge on any atom is -0.292 e. The standard InChI is InChI=1S/C16H11F2NO/c1-10-3-2-4-11(7-10)14(9-19)16(20)13-6-5-12(17)8-15(13)18/h2-8,14H,1H3. The van der Waals surface area contributed by atoms with Crippen LogP contribution in [0.4, 0.5) is 8.78 Å². The van der Waals surface area contributed by atoms with Crippen LogP contribution in [0.3, 0.4) is 0 Å². The second-order valence-corrected chi connectivity index (χ2v) is 4.46. The average molecular weight is 271 g/mol. The number of hydrogen-bond acceptors (Lipinski definition) is 2. The molecule has 0 fully saturated rings. The van der Waals surface area contributed by atoms with Crippen LogP contribution < -0.4 is 0 Å². The molecule has 0 radical (unpaired) electrons. The number of hydrogen-bond donors (Lipinski definition) is 0. The van der Waals surface area contributed by atoms with Crippen LogP contribution in [0.1, 0.15) is 27.4 Å². The summed E-state index contributed by atoms with van der Waals surface area (Å²) in [4.78, 5) is 12.2. The molecule has 0 N–H and O–H groups in total. The molecule has 1 atom stereocenters. The zero-order valence-corrected chi connectivity index (χ0v) is 10.7. The van der Waals surface area contributed by atoms with E-state index in [2.05, 4.69) is 0 Å².